The molecule has 5 N–H and O–H groups in total. The summed E-state index contributed by atoms with van der Waals surface area (Å²) in [5.74, 6) is -0.135. The maximum absolute atomic E-state index is 12.3. The Morgan fingerprint density at radius 3 is 2.38 bits per heavy atom. The molecular weight excluding hydrogens is 296 g/mol. The number of amidine groups is 1. The summed E-state index contributed by atoms with van der Waals surface area (Å²) in [5, 5.41) is 14.5. The Morgan fingerprint density at radius 2 is 2.00 bits per heavy atom. The van der Waals surface area contributed by atoms with Crippen LogP contribution in [0.5, 0.6) is 0 Å². The van der Waals surface area contributed by atoms with Gasteiger partial charge in [0.25, 0.3) is 0 Å². The van der Waals surface area contributed by atoms with Crippen LogP contribution >= 0.6 is 0 Å². The molecule has 1 saturated carbocycles. The van der Waals surface area contributed by atoms with E-state index in [1.807, 2.05) is 6.92 Å². The first-order valence-electron chi connectivity index (χ1n) is 6.67. The summed E-state index contributed by atoms with van der Waals surface area (Å²) in [4.78, 5) is 12.3. The Hall–Kier alpha value is -1.35. The number of nitrogens with two attached hydrogens (primary N) is 1. The average Bonchev–Trinajstić information content (AvgIpc) is 2.27. The monoisotopic (exact) mass is 320 g/mol. The molecule has 0 unspecified atom stereocenters. The Bertz CT molecular complexity index is 535. The van der Waals surface area contributed by atoms with Gasteiger partial charge < -0.3 is 16.3 Å². The first kappa shape index (κ1) is 17.7. The number of carbonyl (C=O) groups excluding carboxylic acids is 1. The lowest BCUT2D eigenvalue weighted by atomic mass is 9.61. The third-order valence-corrected chi connectivity index (χ3v) is 4.50. The molecule has 0 aromatic rings. The van der Waals surface area contributed by atoms with Gasteiger partial charge in [0.1, 0.15) is 5.41 Å². The van der Waals surface area contributed by atoms with Gasteiger partial charge in [0.2, 0.25) is 15.9 Å². The smallest absolute Gasteiger partial charge is 0.234 e. The van der Waals surface area contributed by atoms with Crippen LogP contribution in [-0.2, 0) is 14.8 Å². The van der Waals surface area contributed by atoms with Crippen LogP contribution in [-0.4, -0.2) is 43.7 Å². The topological polar surface area (TPSA) is 134 Å². The summed E-state index contributed by atoms with van der Waals surface area (Å²) in [7, 11) is -3.38. The maximum atomic E-state index is 12.3. The molecular formula is C12H24N4O4S. The largest absolute Gasteiger partial charge is 0.409 e. The molecule has 1 aliphatic carbocycles. The minimum Gasteiger partial charge on any atom is -0.409 e. The van der Waals surface area contributed by atoms with E-state index in [2.05, 4.69) is 15.2 Å². The molecule has 1 amide bonds. The van der Waals surface area contributed by atoms with Crippen LogP contribution in [0.25, 0.3) is 0 Å². The third kappa shape index (κ3) is 4.31. The highest BCUT2D eigenvalue weighted by Gasteiger charge is 2.52. The Balaban J connectivity index is 2.72. The van der Waals surface area contributed by atoms with Gasteiger partial charge in [0.05, 0.1) is 6.26 Å². The summed E-state index contributed by atoms with van der Waals surface area (Å²) < 4.78 is 25.0. The number of hydrogen-bond acceptors (Lipinski definition) is 5. The molecule has 8 nitrogen and oxygen atoms in total. The van der Waals surface area contributed by atoms with E-state index in [0.717, 1.165) is 6.26 Å². The summed E-state index contributed by atoms with van der Waals surface area (Å²) in [6, 6.07) is 0. The lowest BCUT2D eigenvalue weighted by Gasteiger charge is -2.44. The van der Waals surface area contributed by atoms with Gasteiger partial charge in [-0.15, -0.1) is 0 Å². The molecule has 0 atom stereocenters. The third-order valence-electron chi connectivity index (χ3n) is 3.58. The highest BCUT2D eigenvalue weighted by atomic mass is 32.2. The van der Waals surface area contributed by atoms with Crippen LogP contribution in [0.3, 0.4) is 0 Å². The van der Waals surface area contributed by atoms with Crippen molar-refractivity contribution in [2.24, 2.45) is 22.2 Å². The van der Waals surface area contributed by atoms with Crippen LogP contribution in [0.4, 0.5) is 0 Å². The number of hydrogen-bond donors (Lipinski definition) is 4. The molecule has 0 saturated heterocycles. The predicted octanol–water partition coefficient (Wildman–Crippen LogP) is -0.407. The van der Waals surface area contributed by atoms with Crippen LogP contribution in [0.1, 0.15) is 33.6 Å². The van der Waals surface area contributed by atoms with Crippen molar-refractivity contribution in [3.05, 3.63) is 0 Å². The van der Waals surface area contributed by atoms with Crippen molar-refractivity contribution in [2.75, 3.05) is 12.8 Å². The van der Waals surface area contributed by atoms with Gasteiger partial charge in [-0.2, -0.15) is 0 Å². The molecule has 0 aromatic heterocycles. The molecule has 1 aliphatic rings. The second kappa shape index (κ2) is 5.80. The van der Waals surface area contributed by atoms with E-state index in [1.54, 1.807) is 13.8 Å². The highest BCUT2D eigenvalue weighted by molar-refractivity contribution is 7.88. The molecule has 0 heterocycles. The second-order valence-electron chi connectivity index (χ2n) is 6.52. The lowest BCUT2D eigenvalue weighted by Crippen LogP contribution is -2.59. The minimum atomic E-state index is -3.38. The van der Waals surface area contributed by atoms with Gasteiger partial charge in [-0.25, -0.2) is 13.1 Å². The zero-order valence-corrected chi connectivity index (χ0v) is 13.6. The van der Waals surface area contributed by atoms with E-state index in [9.17, 15) is 13.2 Å². The number of rotatable bonds is 6. The average molecular weight is 320 g/mol. The Kier molecular flexibility index (Phi) is 4.89. The highest BCUT2D eigenvalue weighted by Crippen LogP contribution is 2.45. The minimum absolute atomic E-state index is 0.105. The molecule has 0 bridgehead atoms. The fourth-order valence-corrected chi connectivity index (χ4v) is 3.82. The molecule has 0 spiro atoms. The molecule has 0 radical (unpaired) electrons. The number of oxime groups is 1. The van der Waals surface area contributed by atoms with E-state index in [4.69, 9.17) is 10.9 Å². The van der Waals surface area contributed by atoms with Crippen molar-refractivity contribution < 1.29 is 18.4 Å². The van der Waals surface area contributed by atoms with Crippen molar-refractivity contribution in [1.29, 1.82) is 0 Å². The van der Waals surface area contributed by atoms with Crippen LogP contribution < -0.4 is 15.8 Å². The van der Waals surface area contributed by atoms with Gasteiger partial charge in [-0.3, -0.25) is 4.79 Å². The van der Waals surface area contributed by atoms with Gasteiger partial charge in [0.15, 0.2) is 5.84 Å². The lowest BCUT2D eigenvalue weighted by molar-refractivity contribution is -0.133. The second-order valence-corrected chi connectivity index (χ2v) is 8.27. The number of nitrogens with one attached hydrogen (secondary N) is 2. The van der Waals surface area contributed by atoms with E-state index >= 15 is 0 Å². The fourth-order valence-electron chi connectivity index (χ4n) is 2.74. The van der Waals surface area contributed by atoms with Crippen LogP contribution in [0.2, 0.25) is 0 Å². The van der Waals surface area contributed by atoms with E-state index < -0.39 is 21.0 Å². The quantitative estimate of drug-likeness (QED) is 0.228. The molecule has 0 aromatic carbocycles. The van der Waals surface area contributed by atoms with Crippen molar-refractivity contribution in [2.45, 2.75) is 39.2 Å². The van der Waals surface area contributed by atoms with Crippen molar-refractivity contribution >= 4 is 21.8 Å². The molecule has 1 rings (SSSR count). The first-order chi connectivity index (χ1) is 9.42. The van der Waals surface area contributed by atoms with Gasteiger partial charge in [0, 0.05) is 12.1 Å². The number of nitrogens with zero attached hydrogens (tertiary/aromatic N) is 1. The Morgan fingerprint density at radius 1 is 1.48 bits per heavy atom. The predicted molar refractivity (Wildman–Crippen MR) is 79.3 cm³/mol. The van der Waals surface area contributed by atoms with Crippen molar-refractivity contribution in [3.8, 4) is 0 Å². The number of sulfonamides is 1. The Labute approximate surface area is 125 Å². The zero-order chi connectivity index (χ0) is 16.5. The standard InChI is InChI=1S/C12H24N4O4S/c1-8-5-12(6-8,9(13)15-18)10(17)14-7-11(2,3)16-21(4,19)20/h8,16,18H,5-7H2,1-4H3,(H2,13,15)(H,14,17). The molecule has 21 heavy (non-hydrogen) atoms. The van der Waals surface area contributed by atoms with E-state index in [0.29, 0.717) is 18.8 Å². The van der Waals surface area contributed by atoms with E-state index in [-0.39, 0.29) is 18.3 Å². The van der Waals surface area contributed by atoms with Crippen molar-refractivity contribution in [3.63, 3.8) is 0 Å². The number of carbonyl (C=O) groups is 1. The molecule has 122 valence electrons. The van der Waals surface area contributed by atoms with E-state index in [1.165, 1.54) is 0 Å². The van der Waals surface area contributed by atoms with Crippen LogP contribution in [0, 0.1) is 11.3 Å². The number of amides is 1. The summed E-state index contributed by atoms with van der Waals surface area (Å²) in [5.41, 5.74) is 3.83. The molecule has 0 aliphatic heterocycles. The van der Waals surface area contributed by atoms with Crippen molar-refractivity contribution in [1.82, 2.24) is 10.0 Å². The molecule has 1 fully saturated rings. The molecule has 9 heteroatoms. The summed E-state index contributed by atoms with van der Waals surface area (Å²) in [6.07, 6.45) is 2.07. The summed E-state index contributed by atoms with van der Waals surface area (Å²) in [6.45, 7) is 5.40. The zero-order valence-electron chi connectivity index (χ0n) is 12.8. The van der Waals surface area contributed by atoms with Gasteiger partial charge in [-0.05, 0) is 32.6 Å². The van der Waals surface area contributed by atoms with Crippen LogP contribution in [0.15, 0.2) is 5.16 Å². The SMILES string of the molecule is CC1CC(C(=O)NCC(C)(C)NS(C)(=O)=O)(C(N)=NO)C1. The summed E-state index contributed by atoms with van der Waals surface area (Å²) >= 11 is 0. The first-order valence-corrected chi connectivity index (χ1v) is 8.56. The van der Waals surface area contributed by atoms with Gasteiger partial charge >= 0.3 is 0 Å². The van der Waals surface area contributed by atoms with Gasteiger partial charge in [-0.1, -0.05) is 12.1 Å². The normalized spacial score (nSPS) is 27.0. The maximum Gasteiger partial charge on any atom is 0.234 e. The fraction of sp³-hybridized carbons (Fsp3) is 0.833.